The van der Waals surface area contributed by atoms with Crippen LogP contribution in [0.15, 0.2) is 30.3 Å². The van der Waals surface area contributed by atoms with Gasteiger partial charge in [0.25, 0.3) is 0 Å². The zero-order chi connectivity index (χ0) is 10.2. The molecule has 0 aromatic heterocycles. The molecule has 0 amide bonds. The molecule has 1 aliphatic heterocycles. The first kappa shape index (κ1) is 9.75. The predicted molar refractivity (Wildman–Crippen MR) is 54.0 cm³/mol. The van der Waals surface area contributed by atoms with Gasteiger partial charge in [0.1, 0.15) is 0 Å². The number of hydrogen-bond donors (Lipinski definition) is 0. The van der Waals surface area contributed by atoms with Gasteiger partial charge in [0, 0.05) is 0 Å². The van der Waals surface area contributed by atoms with Crippen LogP contribution in [0.4, 0.5) is 0 Å². The molecular formula is C11H11O2Se. The average molecular weight is 254 g/mol. The van der Waals surface area contributed by atoms with Crippen LogP contribution in [0.25, 0.3) is 0 Å². The predicted octanol–water partition coefficient (Wildman–Crippen LogP) is 1.81. The number of carbonyl (C=O) groups excluding carboxylic acids is 1. The Balaban J connectivity index is 2.38. The van der Waals surface area contributed by atoms with Crippen molar-refractivity contribution in [3.8, 4) is 0 Å². The minimum absolute atomic E-state index is 0.123. The Bertz CT molecular complexity index is 350. The van der Waals surface area contributed by atoms with E-state index in [1.54, 1.807) is 0 Å². The van der Waals surface area contributed by atoms with Crippen molar-refractivity contribution in [2.45, 2.75) is 23.8 Å². The molecule has 14 heavy (non-hydrogen) atoms. The van der Waals surface area contributed by atoms with Crippen LogP contribution < -0.4 is 0 Å². The molecule has 3 heteroatoms. The number of benzene rings is 1. The van der Waals surface area contributed by atoms with Gasteiger partial charge >= 0.3 is 91.2 Å². The van der Waals surface area contributed by atoms with Crippen LogP contribution in [0, 0.1) is 0 Å². The molecule has 2 atom stereocenters. The molecule has 1 aromatic carbocycles. The van der Waals surface area contributed by atoms with Gasteiger partial charge in [-0.25, -0.2) is 0 Å². The molecule has 0 aliphatic carbocycles. The van der Waals surface area contributed by atoms with Gasteiger partial charge < -0.3 is 0 Å². The van der Waals surface area contributed by atoms with E-state index in [1.807, 2.05) is 37.3 Å². The number of rotatable bonds is 1. The summed E-state index contributed by atoms with van der Waals surface area (Å²) in [5, 5.41) is 0. The van der Waals surface area contributed by atoms with Crippen molar-refractivity contribution in [1.82, 2.24) is 0 Å². The van der Waals surface area contributed by atoms with Gasteiger partial charge in [-0.1, -0.05) is 0 Å². The first-order valence-corrected chi connectivity index (χ1v) is 5.55. The van der Waals surface area contributed by atoms with Crippen molar-refractivity contribution in [1.29, 1.82) is 0 Å². The molecule has 0 bridgehead atoms. The van der Waals surface area contributed by atoms with E-state index in [0.717, 1.165) is 5.56 Å². The summed E-state index contributed by atoms with van der Waals surface area (Å²) < 4.78 is 5.38. The third-order valence-corrected chi connectivity index (χ3v) is 3.93. The van der Waals surface area contributed by atoms with Gasteiger partial charge in [-0.2, -0.15) is 0 Å². The van der Waals surface area contributed by atoms with Crippen molar-refractivity contribution >= 4 is 22.0 Å². The molecule has 73 valence electrons. The van der Waals surface area contributed by atoms with Crippen molar-refractivity contribution in [3.05, 3.63) is 35.9 Å². The van der Waals surface area contributed by atoms with Crippen molar-refractivity contribution in [2.75, 3.05) is 0 Å². The maximum atomic E-state index is 11.2. The van der Waals surface area contributed by atoms with Crippen molar-refractivity contribution < 1.29 is 9.53 Å². The second kappa shape index (κ2) is 3.41. The fourth-order valence-electron chi connectivity index (χ4n) is 1.70. The van der Waals surface area contributed by atoms with E-state index in [9.17, 15) is 4.79 Å². The van der Waals surface area contributed by atoms with E-state index in [0.29, 0.717) is 6.42 Å². The van der Waals surface area contributed by atoms with E-state index in [1.165, 1.54) is 0 Å². The van der Waals surface area contributed by atoms with Crippen molar-refractivity contribution in [3.63, 3.8) is 0 Å². The SMILES string of the molecule is CC1(c2ccccc2)OC(=O)CC1[Se]. The first-order chi connectivity index (χ1) is 6.63. The standard InChI is InChI=1S/C11H11O2Se/c1-11(8-5-3-2-4-6-8)9(14)7-10(12)13-11/h2-6,9H,7H2,1H3. The normalized spacial score (nSPS) is 31.6. The van der Waals surface area contributed by atoms with Gasteiger partial charge in [0.2, 0.25) is 0 Å². The summed E-state index contributed by atoms with van der Waals surface area (Å²) in [5.41, 5.74) is 0.563. The van der Waals surface area contributed by atoms with Crippen LogP contribution in [0.3, 0.4) is 0 Å². The summed E-state index contributed by atoms with van der Waals surface area (Å²) >= 11 is 3.01. The molecule has 0 N–H and O–H groups in total. The monoisotopic (exact) mass is 255 g/mol. The van der Waals surface area contributed by atoms with Gasteiger partial charge in [0.15, 0.2) is 0 Å². The molecule has 1 aromatic rings. The van der Waals surface area contributed by atoms with E-state index >= 15 is 0 Å². The molecule has 1 fully saturated rings. The Morgan fingerprint density at radius 3 is 2.57 bits per heavy atom. The summed E-state index contributed by atoms with van der Waals surface area (Å²) in [6.45, 7) is 1.95. The van der Waals surface area contributed by atoms with Crippen LogP contribution in [0.5, 0.6) is 0 Å². The average Bonchev–Trinajstić information content (AvgIpc) is 2.43. The number of ether oxygens (including phenoxy) is 1. The molecule has 0 spiro atoms. The molecule has 1 aliphatic rings. The topological polar surface area (TPSA) is 26.3 Å². The number of cyclic esters (lactones) is 1. The van der Waals surface area contributed by atoms with Gasteiger partial charge in [0.05, 0.1) is 0 Å². The van der Waals surface area contributed by atoms with Crippen LogP contribution in [0.1, 0.15) is 18.9 Å². The van der Waals surface area contributed by atoms with Gasteiger partial charge in [-0.05, 0) is 0 Å². The van der Waals surface area contributed by atoms with Gasteiger partial charge in [-0.15, -0.1) is 0 Å². The molecule has 2 unspecified atom stereocenters. The summed E-state index contributed by atoms with van der Waals surface area (Å²) in [6, 6.07) is 9.85. The Kier molecular flexibility index (Phi) is 2.38. The molecule has 2 nitrogen and oxygen atoms in total. The zero-order valence-electron chi connectivity index (χ0n) is 7.90. The summed E-state index contributed by atoms with van der Waals surface area (Å²) in [6.07, 6.45) is 0.464. The first-order valence-electron chi connectivity index (χ1n) is 4.56. The number of carbonyl (C=O) groups is 1. The second-order valence-electron chi connectivity index (χ2n) is 3.64. The zero-order valence-corrected chi connectivity index (χ0v) is 9.61. The van der Waals surface area contributed by atoms with E-state index < -0.39 is 5.60 Å². The maximum absolute atomic E-state index is 11.2. The molecule has 1 saturated heterocycles. The Hall–Kier alpha value is -0.791. The molecular weight excluding hydrogens is 243 g/mol. The van der Waals surface area contributed by atoms with Gasteiger partial charge in [-0.3, -0.25) is 0 Å². The molecule has 0 saturated carbocycles. The summed E-state index contributed by atoms with van der Waals surface area (Å²) in [7, 11) is 0. The van der Waals surface area contributed by atoms with Crippen LogP contribution in [0.2, 0.25) is 4.82 Å². The minimum atomic E-state index is -0.488. The van der Waals surface area contributed by atoms with E-state index in [2.05, 4.69) is 16.0 Å². The number of hydrogen-bond acceptors (Lipinski definition) is 2. The Morgan fingerprint density at radius 2 is 2.07 bits per heavy atom. The molecule has 1 radical (unpaired) electrons. The number of esters is 1. The van der Waals surface area contributed by atoms with E-state index in [4.69, 9.17) is 4.74 Å². The second-order valence-corrected chi connectivity index (χ2v) is 4.83. The van der Waals surface area contributed by atoms with Crippen molar-refractivity contribution in [2.24, 2.45) is 0 Å². The third-order valence-electron chi connectivity index (χ3n) is 2.64. The van der Waals surface area contributed by atoms with Crippen LogP contribution >= 0.6 is 0 Å². The summed E-state index contributed by atoms with van der Waals surface area (Å²) in [4.78, 5) is 11.3. The Morgan fingerprint density at radius 1 is 1.43 bits per heavy atom. The third kappa shape index (κ3) is 1.47. The Labute approximate surface area is 91.5 Å². The van der Waals surface area contributed by atoms with E-state index in [-0.39, 0.29) is 10.8 Å². The quantitative estimate of drug-likeness (QED) is 0.564. The molecule has 1 heterocycles. The molecule has 2 rings (SSSR count). The summed E-state index contributed by atoms with van der Waals surface area (Å²) in [5.74, 6) is -0.125. The fourth-order valence-corrected chi connectivity index (χ4v) is 2.38. The van der Waals surface area contributed by atoms with Crippen LogP contribution in [-0.4, -0.2) is 22.0 Å². The van der Waals surface area contributed by atoms with Crippen LogP contribution in [-0.2, 0) is 15.1 Å². The fraction of sp³-hybridized carbons (Fsp3) is 0.364.